The number of Topliss-reactive ketones (excluding diaryl/α,β-unsaturated/α-hetero) is 1. The minimum Gasteiger partial charge on any atom is -1.00 e. The molecule has 54 valence electrons. The molecule has 0 aromatic carbocycles. The zero-order valence-corrected chi connectivity index (χ0v) is 6.86. The zero-order chi connectivity index (χ0) is 6.53. The topological polar surface area (TPSA) is 17.1 Å². The Kier molecular flexibility index (Phi) is 6.17. The van der Waals surface area contributed by atoms with Crippen molar-refractivity contribution in [3.05, 3.63) is 0 Å². The van der Waals surface area contributed by atoms with Gasteiger partial charge in [0, 0.05) is 12.8 Å². The zero-order valence-electron chi connectivity index (χ0n) is 7.86. The van der Waals surface area contributed by atoms with E-state index < -0.39 is 0 Å². The van der Waals surface area contributed by atoms with Gasteiger partial charge in [0.05, 0.1) is 0 Å². The molecular formula is C8H15LiO. The van der Waals surface area contributed by atoms with E-state index in [1.165, 1.54) is 19.3 Å². The van der Waals surface area contributed by atoms with Gasteiger partial charge in [-0.15, -0.1) is 0 Å². The van der Waals surface area contributed by atoms with Crippen molar-refractivity contribution in [2.45, 2.75) is 44.9 Å². The van der Waals surface area contributed by atoms with Crippen LogP contribution in [0.5, 0.6) is 0 Å². The molecule has 0 bridgehead atoms. The van der Waals surface area contributed by atoms with E-state index in [0.29, 0.717) is 5.78 Å². The van der Waals surface area contributed by atoms with Gasteiger partial charge in [-0.05, 0) is 12.8 Å². The Morgan fingerprint density at radius 2 is 1.30 bits per heavy atom. The van der Waals surface area contributed by atoms with Crippen LogP contribution in [0.2, 0.25) is 0 Å². The molecule has 0 amide bonds. The molecule has 1 fully saturated rings. The molecule has 0 unspecified atom stereocenters. The van der Waals surface area contributed by atoms with Gasteiger partial charge in [-0.25, -0.2) is 0 Å². The van der Waals surface area contributed by atoms with Crippen LogP contribution in [0.1, 0.15) is 46.4 Å². The number of carbonyl (C=O) groups is 1. The number of rotatable bonds is 0. The van der Waals surface area contributed by atoms with Crippen LogP contribution < -0.4 is 18.9 Å². The van der Waals surface area contributed by atoms with E-state index >= 15 is 0 Å². The summed E-state index contributed by atoms with van der Waals surface area (Å²) in [6.07, 6.45) is 7.85. The summed E-state index contributed by atoms with van der Waals surface area (Å²) in [5, 5.41) is 0. The third-order valence-electron chi connectivity index (χ3n) is 1.91. The molecule has 0 radical (unpaired) electrons. The minimum atomic E-state index is 0. The number of hydrogen-bond donors (Lipinski definition) is 0. The fourth-order valence-corrected chi connectivity index (χ4v) is 1.30. The van der Waals surface area contributed by atoms with Gasteiger partial charge in [0.1, 0.15) is 5.78 Å². The molecule has 0 aliphatic heterocycles. The van der Waals surface area contributed by atoms with Gasteiger partial charge in [0.2, 0.25) is 0 Å². The molecule has 1 aliphatic carbocycles. The van der Waals surface area contributed by atoms with E-state index in [9.17, 15) is 4.79 Å². The monoisotopic (exact) mass is 134 g/mol. The summed E-state index contributed by atoms with van der Waals surface area (Å²) in [5.74, 6) is 0.481. The number of carbonyl (C=O) groups excluding carboxylic acids is 1. The molecule has 1 nitrogen and oxygen atoms in total. The van der Waals surface area contributed by atoms with Crippen molar-refractivity contribution in [2.24, 2.45) is 0 Å². The Morgan fingerprint density at radius 3 is 1.80 bits per heavy atom. The van der Waals surface area contributed by atoms with Gasteiger partial charge in [0.25, 0.3) is 0 Å². The summed E-state index contributed by atoms with van der Waals surface area (Å²) in [6, 6.07) is 0. The van der Waals surface area contributed by atoms with E-state index in [-0.39, 0.29) is 20.3 Å². The Labute approximate surface area is 76.2 Å². The van der Waals surface area contributed by atoms with Gasteiger partial charge in [0.15, 0.2) is 0 Å². The first-order valence-corrected chi connectivity index (χ1v) is 3.91. The SMILES string of the molecule is O=C1CCCCCCC1.[H-].[Li+]. The van der Waals surface area contributed by atoms with Crippen LogP contribution >= 0.6 is 0 Å². The summed E-state index contributed by atoms with van der Waals surface area (Å²) >= 11 is 0. The number of hydrogen-bond acceptors (Lipinski definition) is 1. The second-order valence-corrected chi connectivity index (χ2v) is 2.81. The second kappa shape index (κ2) is 6.01. The van der Waals surface area contributed by atoms with Gasteiger partial charge in [-0.2, -0.15) is 0 Å². The van der Waals surface area contributed by atoms with E-state index in [4.69, 9.17) is 0 Å². The average Bonchev–Trinajstić information content (AvgIpc) is 1.79. The van der Waals surface area contributed by atoms with Crippen LogP contribution in [0.15, 0.2) is 0 Å². The molecule has 10 heavy (non-hydrogen) atoms. The average molecular weight is 134 g/mol. The molecule has 2 heteroatoms. The first-order valence-electron chi connectivity index (χ1n) is 3.91. The Hall–Kier alpha value is 0.267. The molecule has 0 atom stereocenters. The third kappa shape index (κ3) is 4.14. The smallest absolute Gasteiger partial charge is 1.00 e. The molecule has 0 aromatic heterocycles. The van der Waals surface area contributed by atoms with E-state index in [2.05, 4.69) is 0 Å². The van der Waals surface area contributed by atoms with Crippen LogP contribution in [0.25, 0.3) is 0 Å². The number of ketones is 1. The normalized spacial score (nSPS) is 20.6. The summed E-state index contributed by atoms with van der Waals surface area (Å²) in [6.45, 7) is 0. The van der Waals surface area contributed by atoms with Crippen molar-refractivity contribution in [1.82, 2.24) is 0 Å². The predicted molar refractivity (Wildman–Crippen MR) is 38.4 cm³/mol. The fraction of sp³-hybridized carbons (Fsp3) is 0.875. The maximum atomic E-state index is 10.8. The maximum Gasteiger partial charge on any atom is 1.00 e. The largest absolute Gasteiger partial charge is 1.00 e. The Morgan fingerprint density at radius 1 is 0.900 bits per heavy atom. The van der Waals surface area contributed by atoms with Crippen molar-refractivity contribution in [2.75, 3.05) is 0 Å². The summed E-state index contributed by atoms with van der Waals surface area (Å²) in [7, 11) is 0. The summed E-state index contributed by atoms with van der Waals surface area (Å²) in [4.78, 5) is 10.8. The third-order valence-corrected chi connectivity index (χ3v) is 1.91. The summed E-state index contributed by atoms with van der Waals surface area (Å²) in [5.41, 5.74) is 0. The molecule has 0 heterocycles. The van der Waals surface area contributed by atoms with Crippen LogP contribution in [0, 0.1) is 0 Å². The molecule has 1 rings (SSSR count). The van der Waals surface area contributed by atoms with E-state index in [1.54, 1.807) is 0 Å². The van der Waals surface area contributed by atoms with Crippen LogP contribution in [-0.4, -0.2) is 5.78 Å². The first-order chi connectivity index (χ1) is 4.39. The van der Waals surface area contributed by atoms with E-state index in [1.807, 2.05) is 0 Å². The predicted octanol–water partition coefficient (Wildman–Crippen LogP) is -0.584. The van der Waals surface area contributed by atoms with Gasteiger partial charge >= 0.3 is 18.9 Å². The maximum absolute atomic E-state index is 10.8. The van der Waals surface area contributed by atoms with Crippen molar-refractivity contribution < 1.29 is 25.1 Å². The Bertz CT molecular complexity index is 96.3. The van der Waals surface area contributed by atoms with Crippen LogP contribution in [0.3, 0.4) is 0 Å². The standard InChI is InChI=1S/C8H14O.Li.H/c9-8-6-4-2-1-3-5-7-8;;/h1-7H2;;/q;+1;-1. The van der Waals surface area contributed by atoms with Crippen LogP contribution in [-0.2, 0) is 4.79 Å². The molecule has 1 saturated carbocycles. The first kappa shape index (κ1) is 10.3. The van der Waals surface area contributed by atoms with E-state index in [0.717, 1.165) is 25.7 Å². The quantitative estimate of drug-likeness (QED) is 0.405. The fourth-order valence-electron chi connectivity index (χ4n) is 1.30. The van der Waals surface area contributed by atoms with Gasteiger partial charge < -0.3 is 1.43 Å². The molecule has 0 aromatic rings. The minimum absolute atomic E-state index is 0. The summed E-state index contributed by atoms with van der Waals surface area (Å²) < 4.78 is 0. The van der Waals surface area contributed by atoms with Crippen molar-refractivity contribution >= 4 is 5.78 Å². The van der Waals surface area contributed by atoms with Gasteiger partial charge in [-0.1, -0.05) is 19.3 Å². The molecule has 0 spiro atoms. The van der Waals surface area contributed by atoms with Crippen molar-refractivity contribution in [1.29, 1.82) is 0 Å². The van der Waals surface area contributed by atoms with Crippen molar-refractivity contribution in [3.63, 3.8) is 0 Å². The molecule has 0 N–H and O–H groups in total. The molecule has 1 aliphatic rings. The van der Waals surface area contributed by atoms with Crippen LogP contribution in [0.4, 0.5) is 0 Å². The van der Waals surface area contributed by atoms with Crippen molar-refractivity contribution in [3.8, 4) is 0 Å². The molecular weight excluding hydrogens is 119 g/mol. The van der Waals surface area contributed by atoms with Gasteiger partial charge in [-0.3, -0.25) is 4.79 Å². The second-order valence-electron chi connectivity index (χ2n) is 2.81. The Balaban J connectivity index is 0. The molecule has 0 saturated heterocycles.